The number of quaternary nitrogens is 1. The van der Waals surface area contributed by atoms with Crippen LogP contribution in [-0.2, 0) is 13.6 Å². The third-order valence-corrected chi connectivity index (χ3v) is 9.38. The number of unbranched alkanes of at least 4 members (excludes halogenated alkanes) is 1. The Labute approximate surface area is 242 Å². The van der Waals surface area contributed by atoms with E-state index in [1.165, 1.54) is 21.8 Å². The van der Waals surface area contributed by atoms with E-state index in [9.17, 15) is 14.3 Å². The lowest BCUT2D eigenvalue weighted by Gasteiger charge is -2.45. The van der Waals surface area contributed by atoms with Gasteiger partial charge in [-0.3, -0.25) is 13.8 Å². The van der Waals surface area contributed by atoms with Crippen LogP contribution in [0.15, 0.2) is 64.8 Å². The van der Waals surface area contributed by atoms with Crippen molar-refractivity contribution in [1.29, 1.82) is 0 Å². The average Bonchev–Trinajstić information content (AvgIpc) is 3.46. The number of phosphoric acid groups is 1. The molecule has 0 radical (unpaired) electrons. The lowest BCUT2D eigenvalue weighted by molar-refractivity contribution is -0.943. The second-order valence-corrected chi connectivity index (χ2v) is 12.8. The molecule has 0 saturated carbocycles. The summed E-state index contributed by atoms with van der Waals surface area (Å²) in [5, 5.41) is 13.3. The van der Waals surface area contributed by atoms with Gasteiger partial charge in [0.15, 0.2) is 6.73 Å². The molecule has 1 aliphatic rings. The van der Waals surface area contributed by atoms with Crippen LogP contribution in [0.25, 0.3) is 21.0 Å². The molecule has 1 fully saturated rings. The maximum atomic E-state index is 12.5. The van der Waals surface area contributed by atoms with Crippen molar-refractivity contribution >= 4 is 45.8 Å². The van der Waals surface area contributed by atoms with Crippen LogP contribution >= 0.6 is 19.2 Å². The number of nitrogens with zero attached hydrogens (tertiary/aromatic N) is 2. The zero-order chi connectivity index (χ0) is 28.7. The summed E-state index contributed by atoms with van der Waals surface area (Å²) in [5.41, 5.74) is 1.80. The first-order chi connectivity index (χ1) is 19.9. The molecule has 2 aromatic carbocycles. The predicted octanol–water partition coefficient (Wildman–Crippen LogP) is 4.71. The van der Waals surface area contributed by atoms with Crippen molar-refractivity contribution in [2.45, 2.75) is 19.3 Å². The molecule has 220 valence electrons. The highest BCUT2D eigenvalue weighted by atomic mass is 32.1. The van der Waals surface area contributed by atoms with Gasteiger partial charge in [-0.05, 0) is 66.4 Å². The normalized spacial score (nSPS) is 16.7. The van der Waals surface area contributed by atoms with E-state index in [-0.39, 0.29) is 31.9 Å². The smallest absolute Gasteiger partial charge is 0.476 e. The number of phosphoric ester groups is 1. The molecule has 0 bridgehead atoms. The Morgan fingerprint density at radius 2 is 1.83 bits per heavy atom. The third kappa shape index (κ3) is 7.75. The molecule has 0 aliphatic carbocycles. The van der Waals surface area contributed by atoms with E-state index in [4.69, 9.17) is 18.9 Å². The van der Waals surface area contributed by atoms with Crippen molar-refractivity contribution in [1.82, 2.24) is 4.98 Å². The van der Waals surface area contributed by atoms with Crippen LogP contribution in [0.5, 0.6) is 5.75 Å². The van der Waals surface area contributed by atoms with Gasteiger partial charge in [-0.2, -0.15) is 0 Å². The van der Waals surface area contributed by atoms with Gasteiger partial charge >= 0.3 is 7.82 Å². The molecule has 1 unspecified atom stereocenters. The van der Waals surface area contributed by atoms with E-state index in [1.54, 1.807) is 17.4 Å². The molecular weight excluding hydrogens is 565 g/mol. The number of hydrogen-bond donors (Lipinski definition) is 3. The number of ether oxygens (including phenoxy) is 1. The number of anilines is 1. The van der Waals surface area contributed by atoms with Gasteiger partial charge < -0.3 is 24.6 Å². The summed E-state index contributed by atoms with van der Waals surface area (Å²) in [6.45, 7) is 4.31. The van der Waals surface area contributed by atoms with Crippen LogP contribution in [0.2, 0.25) is 0 Å². The van der Waals surface area contributed by atoms with Crippen LogP contribution in [0.3, 0.4) is 0 Å². The number of aromatic amines is 1. The number of nitrogens with one attached hydrogen (secondary N) is 1. The van der Waals surface area contributed by atoms with Crippen molar-refractivity contribution in [3.63, 3.8) is 0 Å². The fraction of sp³-hybridized carbons (Fsp3) is 0.414. The van der Waals surface area contributed by atoms with Crippen molar-refractivity contribution in [2.24, 2.45) is 0 Å². The summed E-state index contributed by atoms with van der Waals surface area (Å²) in [6, 6.07) is 17.5. The van der Waals surface area contributed by atoms with Crippen LogP contribution < -0.4 is 15.2 Å². The minimum atomic E-state index is -4.23. The van der Waals surface area contributed by atoms with Gasteiger partial charge in [-0.15, -0.1) is 11.3 Å². The number of aliphatic hydroxyl groups excluding tert-OH is 1. The molecule has 10 nitrogen and oxygen atoms in total. The van der Waals surface area contributed by atoms with Gasteiger partial charge in [0.05, 0.1) is 51.5 Å². The molecule has 41 heavy (non-hydrogen) atoms. The van der Waals surface area contributed by atoms with E-state index >= 15 is 0 Å². The Morgan fingerprint density at radius 3 is 2.66 bits per heavy atom. The van der Waals surface area contributed by atoms with Crippen LogP contribution in [0.4, 0.5) is 5.69 Å². The Bertz CT molecular complexity index is 1550. The maximum absolute atomic E-state index is 12.5. The zero-order valence-corrected chi connectivity index (χ0v) is 24.7. The second kappa shape index (κ2) is 13.5. The minimum absolute atomic E-state index is 0.0390. The van der Waals surface area contributed by atoms with Gasteiger partial charge in [0.2, 0.25) is 5.56 Å². The average molecular weight is 603 g/mol. The predicted molar refractivity (Wildman–Crippen MR) is 162 cm³/mol. The van der Waals surface area contributed by atoms with E-state index in [0.29, 0.717) is 16.8 Å². The lowest BCUT2D eigenvalue weighted by Crippen LogP contribution is -2.60. The van der Waals surface area contributed by atoms with Gasteiger partial charge in [0.1, 0.15) is 5.75 Å². The number of aliphatic hydroxyl groups is 1. The first-order valence-electron chi connectivity index (χ1n) is 13.9. The number of piperazine rings is 1. The molecule has 4 aromatic rings. The van der Waals surface area contributed by atoms with Gasteiger partial charge in [-0.25, -0.2) is 9.09 Å². The molecule has 0 spiro atoms. The molecule has 3 N–H and O–H groups in total. The van der Waals surface area contributed by atoms with Crippen LogP contribution in [-0.4, -0.2) is 78.7 Å². The van der Waals surface area contributed by atoms with Crippen molar-refractivity contribution in [3.05, 3.63) is 70.3 Å². The van der Waals surface area contributed by atoms with Crippen LogP contribution in [0, 0.1) is 0 Å². The maximum Gasteiger partial charge on any atom is 0.476 e. The van der Waals surface area contributed by atoms with Crippen molar-refractivity contribution in [2.75, 3.05) is 64.2 Å². The SMILES string of the molecule is O=c1ccc2ccc(OCCCC[N+]3(COP(=O)(O)OCCCO)CCN(c4cccc5sccc45)CC3)cc2[nH]1. The molecule has 1 aliphatic heterocycles. The quantitative estimate of drug-likeness (QED) is 0.108. The summed E-state index contributed by atoms with van der Waals surface area (Å²) in [5.74, 6) is 0.698. The number of rotatable bonds is 14. The second-order valence-electron chi connectivity index (χ2n) is 10.4. The monoisotopic (exact) mass is 602 g/mol. The molecule has 12 heteroatoms. The molecule has 0 amide bonds. The highest BCUT2D eigenvalue weighted by molar-refractivity contribution is 7.47. The standard InChI is InChI=1S/C29H36N3O7PS/c33-17-4-19-38-40(35,36)39-22-32(15-12-31(13-16-32)27-5-3-6-28-25(27)11-20-41-28)14-1-2-18-37-24-9-7-23-8-10-29(34)30-26(23)21-24/h3,5-11,20-21,33H,1-2,4,12-19,22H2,(H-,30,34,35,36)/p+1. The Balaban J connectivity index is 1.19. The number of fused-ring (bicyclic) bond motifs is 2. The zero-order valence-electron chi connectivity index (χ0n) is 22.9. The number of hydrogen-bond acceptors (Lipinski definition) is 8. The molecule has 5 rings (SSSR count). The third-order valence-electron chi connectivity index (χ3n) is 7.55. The number of thiophene rings is 1. The largest absolute Gasteiger partial charge is 0.494 e. The Morgan fingerprint density at radius 1 is 1.00 bits per heavy atom. The number of aromatic nitrogens is 1. The van der Waals surface area contributed by atoms with Gasteiger partial charge in [0.25, 0.3) is 0 Å². The first-order valence-corrected chi connectivity index (χ1v) is 16.3. The van der Waals surface area contributed by atoms with E-state index in [2.05, 4.69) is 39.5 Å². The van der Waals surface area contributed by atoms with Gasteiger partial charge in [0, 0.05) is 34.5 Å². The summed E-state index contributed by atoms with van der Waals surface area (Å²) in [4.78, 5) is 27.1. The fourth-order valence-corrected chi connectivity index (χ4v) is 6.87. The molecule has 2 aromatic heterocycles. The Kier molecular flexibility index (Phi) is 9.77. The van der Waals surface area contributed by atoms with Gasteiger partial charge in [-0.1, -0.05) is 6.07 Å². The summed E-state index contributed by atoms with van der Waals surface area (Å²) < 4.78 is 30.8. The van der Waals surface area contributed by atoms with E-state index < -0.39 is 7.82 Å². The lowest BCUT2D eigenvalue weighted by atomic mass is 10.1. The van der Waals surface area contributed by atoms with E-state index in [0.717, 1.165) is 56.5 Å². The minimum Gasteiger partial charge on any atom is -0.494 e. The number of pyridine rings is 1. The van der Waals surface area contributed by atoms with Crippen LogP contribution in [0.1, 0.15) is 19.3 Å². The molecular formula is C29H37N3O7PS+. The topological polar surface area (TPSA) is 121 Å². The van der Waals surface area contributed by atoms with Crippen molar-refractivity contribution in [3.8, 4) is 5.75 Å². The molecule has 3 heterocycles. The number of H-pyrrole nitrogens is 1. The first kappa shape index (κ1) is 29.7. The Hall–Kier alpha value is -2.76. The van der Waals surface area contributed by atoms with E-state index in [1.807, 2.05) is 18.2 Å². The molecule has 1 saturated heterocycles. The van der Waals surface area contributed by atoms with Crippen molar-refractivity contribution < 1.29 is 32.8 Å². The highest BCUT2D eigenvalue weighted by Gasteiger charge is 2.36. The fourth-order valence-electron chi connectivity index (χ4n) is 5.24. The summed E-state index contributed by atoms with van der Waals surface area (Å²) in [6.07, 6.45) is 1.91. The molecule has 1 atom stereocenters. The summed E-state index contributed by atoms with van der Waals surface area (Å²) in [7, 11) is -4.23. The number of benzene rings is 2. The highest BCUT2D eigenvalue weighted by Crippen LogP contribution is 2.44. The summed E-state index contributed by atoms with van der Waals surface area (Å²) >= 11 is 1.73.